The maximum Gasteiger partial charge on any atom is 0.276 e. The Morgan fingerprint density at radius 1 is 1.41 bits per heavy atom. The highest BCUT2D eigenvalue weighted by molar-refractivity contribution is 5.96. The molecule has 1 saturated heterocycles. The number of hydrogen-bond donors (Lipinski definition) is 2. The molecule has 0 saturated carbocycles. The summed E-state index contributed by atoms with van der Waals surface area (Å²) >= 11 is 0. The van der Waals surface area contributed by atoms with Gasteiger partial charge in [-0.2, -0.15) is 0 Å². The number of ether oxygens (including phenoxy) is 2. The topological polar surface area (TPSA) is 101 Å². The molecule has 2 unspecified atom stereocenters. The van der Waals surface area contributed by atoms with Gasteiger partial charge in [0.05, 0.1) is 32.2 Å². The lowest BCUT2D eigenvalue weighted by molar-refractivity contribution is -0.119. The number of nitrogens with zero attached hydrogens (tertiary/aromatic N) is 2. The van der Waals surface area contributed by atoms with Crippen molar-refractivity contribution in [3.05, 3.63) is 34.5 Å². The number of amides is 1. The number of aromatic nitrogens is 1. The fourth-order valence-electron chi connectivity index (χ4n) is 2.74. The lowest BCUT2D eigenvalue weighted by Crippen LogP contribution is -2.54. The van der Waals surface area contributed by atoms with Crippen LogP contribution in [0.2, 0.25) is 0 Å². The van der Waals surface area contributed by atoms with Gasteiger partial charge in [-0.15, -0.1) is 0 Å². The van der Waals surface area contributed by atoms with Crippen molar-refractivity contribution in [3.8, 4) is 11.5 Å². The summed E-state index contributed by atoms with van der Waals surface area (Å²) in [7, 11) is 1.54. The van der Waals surface area contributed by atoms with Crippen LogP contribution >= 0.6 is 0 Å². The standard InChI is InChI=1S/C14H16N2O6/c1-21-5-3-8-2-4-16-10(22-8)7-15-6-9(17)12(18)13(19)11(15)14(16)20/h3,5-6,8,10,17,19H,2,4,7H2,1H3/b5-3-. The Hall–Kier alpha value is -2.48. The summed E-state index contributed by atoms with van der Waals surface area (Å²) in [4.78, 5) is 25.5. The molecule has 22 heavy (non-hydrogen) atoms. The van der Waals surface area contributed by atoms with E-state index >= 15 is 0 Å². The number of hydrogen-bond acceptors (Lipinski definition) is 6. The van der Waals surface area contributed by atoms with Gasteiger partial charge in [-0.25, -0.2) is 0 Å². The largest absolute Gasteiger partial charge is 0.505 e. The lowest BCUT2D eigenvalue weighted by atomic mass is 10.1. The Kier molecular flexibility index (Phi) is 3.53. The van der Waals surface area contributed by atoms with Crippen molar-refractivity contribution in [1.29, 1.82) is 0 Å². The Balaban J connectivity index is 1.94. The van der Waals surface area contributed by atoms with Crippen LogP contribution in [-0.2, 0) is 16.0 Å². The van der Waals surface area contributed by atoms with Gasteiger partial charge in [-0.1, -0.05) is 0 Å². The van der Waals surface area contributed by atoms with E-state index in [-0.39, 0.29) is 18.3 Å². The van der Waals surface area contributed by atoms with E-state index in [2.05, 4.69) is 0 Å². The van der Waals surface area contributed by atoms with Gasteiger partial charge in [0.25, 0.3) is 11.3 Å². The number of fused-ring (bicyclic) bond motifs is 2. The molecule has 1 fully saturated rings. The second-order valence-corrected chi connectivity index (χ2v) is 5.17. The molecule has 3 heterocycles. The molecule has 2 atom stereocenters. The summed E-state index contributed by atoms with van der Waals surface area (Å²) in [6.07, 6.45) is 4.31. The molecule has 8 heteroatoms. The second-order valence-electron chi connectivity index (χ2n) is 5.17. The number of carbonyl (C=O) groups excluding carboxylic acids is 1. The third-order valence-corrected chi connectivity index (χ3v) is 3.82. The number of pyridine rings is 1. The molecular weight excluding hydrogens is 292 g/mol. The van der Waals surface area contributed by atoms with Crippen LogP contribution in [0, 0.1) is 0 Å². The Labute approximate surface area is 125 Å². The zero-order valence-electron chi connectivity index (χ0n) is 11.9. The molecule has 1 aromatic heterocycles. The van der Waals surface area contributed by atoms with E-state index in [0.29, 0.717) is 13.0 Å². The third kappa shape index (κ3) is 2.21. The molecule has 2 aliphatic heterocycles. The predicted molar refractivity (Wildman–Crippen MR) is 74.5 cm³/mol. The number of methoxy groups -OCH3 is 1. The van der Waals surface area contributed by atoms with E-state index in [1.54, 1.807) is 6.08 Å². The quantitative estimate of drug-likeness (QED) is 0.745. The SMILES string of the molecule is CO/C=C\C1CCN2C(=O)c3c(O)c(=O)c(O)cn3CC2O1. The van der Waals surface area contributed by atoms with Crippen LogP contribution in [0.5, 0.6) is 11.5 Å². The van der Waals surface area contributed by atoms with Crippen molar-refractivity contribution in [2.24, 2.45) is 0 Å². The minimum atomic E-state index is -0.947. The van der Waals surface area contributed by atoms with Crippen LogP contribution in [0.25, 0.3) is 0 Å². The van der Waals surface area contributed by atoms with Gasteiger partial charge in [-0.3, -0.25) is 9.59 Å². The van der Waals surface area contributed by atoms with Crippen LogP contribution in [-0.4, -0.2) is 51.6 Å². The third-order valence-electron chi connectivity index (χ3n) is 3.82. The summed E-state index contributed by atoms with van der Waals surface area (Å²) in [6.45, 7) is 0.663. The van der Waals surface area contributed by atoms with E-state index in [0.717, 1.165) is 6.20 Å². The van der Waals surface area contributed by atoms with Crippen molar-refractivity contribution in [2.45, 2.75) is 25.3 Å². The molecule has 0 radical (unpaired) electrons. The van der Waals surface area contributed by atoms with Crippen molar-refractivity contribution >= 4 is 5.91 Å². The van der Waals surface area contributed by atoms with Crippen molar-refractivity contribution in [2.75, 3.05) is 13.7 Å². The molecular formula is C14H16N2O6. The van der Waals surface area contributed by atoms with Gasteiger partial charge >= 0.3 is 0 Å². The normalized spacial score (nSPS) is 24.2. The fourth-order valence-corrected chi connectivity index (χ4v) is 2.74. The van der Waals surface area contributed by atoms with Gasteiger partial charge in [0, 0.05) is 6.54 Å². The van der Waals surface area contributed by atoms with Gasteiger partial charge in [0.2, 0.25) is 0 Å². The number of rotatable bonds is 2. The first-order chi connectivity index (χ1) is 10.5. The minimum absolute atomic E-state index is 0.117. The summed E-state index contributed by atoms with van der Waals surface area (Å²) in [6, 6.07) is 0. The smallest absolute Gasteiger partial charge is 0.276 e. The average molecular weight is 308 g/mol. The van der Waals surface area contributed by atoms with Crippen LogP contribution < -0.4 is 5.43 Å². The van der Waals surface area contributed by atoms with Crippen LogP contribution in [0.15, 0.2) is 23.3 Å². The zero-order valence-corrected chi connectivity index (χ0v) is 11.9. The van der Waals surface area contributed by atoms with Crippen LogP contribution in [0.1, 0.15) is 16.9 Å². The van der Waals surface area contributed by atoms with Crippen LogP contribution in [0.4, 0.5) is 0 Å². The first-order valence-electron chi connectivity index (χ1n) is 6.84. The predicted octanol–water partition coefficient (Wildman–Crippen LogP) is -0.00960. The molecule has 8 nitrogen and oxygen atoms in total. The molecule has 1 aromatic rings. The molecule has 118 valence electrons. The van der Waals surface area contributed by atoms with Gasteiger partial charge in [0.1, 0.15) is 0 Å². The van der Waals surface area contributed by atoms with E-state index in [4.69, 9.17) is 9.47 Å². The first kappa shape index (κ1) is 14.5. The highest BCUT2D eigenvalue weighted by atomic mass is 16.5. The van der Waals surface area contributed by atoms with Crippen LogP contribution in [0.3, 0.4) is 0 Å². The average Bonchev–Trinajstić information content (AvgIpc) is 2.50. The van der Waals surface area contributed by atoms with E-state index in [1.807, 2.05) is 0 Å². The van der Waals surface area contributed by atoms with Crippen molar-refractivity contribution in [3.63, 3.8) is 0 Å². The summed E-state index contributed by atoms with van der Waals surface area (Å²) in [5.74, 6) is -1.82. The van der Waals surface area contributed by atoms with Crippen molar-refractivity contribution < 1.29 is 24.5 Å². The molecule has 0 spiro atoms. The second kappa shape index (κ2) is 5.38. The van der Waals surface area contributed by atoms with Gasteiger partial charge in [-0.05, 0) is 12.5 Å². The highest BCUT2D eigenvalue weighted by Crippen LogP contribution is 2.29. The monoisotopic (exact) mass is 308 g/mol. The molecule has 0 aromatic carbocycles. The Bertz CT molecular complexity index is 695. The molecule has 3 rings (SSSR count). The lowest BCUT2D eigenvalue weighted by Gasteiger charge is -2.42. The molecule has 2 N–H and O–H groups in total. The van der Waals surface area contributed by atoms with Crippen molar-refractivity contribution in [1.82, 2.24) is 9.47 Å². The molecule has 1 amide bonds. The Morgan fingerprint density at radius 2 is 2.18 bits per heavy atom. The maximum absolute atomic E-state index is 12.5. The van der Waals surface area contributed by atoms with E-state index < -0.39 is 29.1 Å². The molecule has 0 aliphatic carbocycles. The molecule has 2 aliphatic rings. The number of aromatic hydroxyl groups is 2. The minimum Gasteiger partial charge on any atom is -0.505 e. The zero-order chi connectivity index (χ0) is 15.9. The van der Waals surface area contributed by atoms with Gasteiger partial charge in [0.15, 0.2) is 23.4 Å². The van der Waals surface area contributed by atoms with E-state index in [1.165, 1.54) is 22.8 Å². The Morgan fingerprint density at radius 3 is 2.91 bits per heavy atom. The molecule has 0 bridgehead atoms. The summed E-state index contributed by atoms with van der Waals surface area (Å²) in [5.41, 5.74) is -1.06. The fraction of sp³-hybridized carbons (Fsp3) is 0.429. The van der Waals surface area contributed by atoms with Gasteiger partial charge < -0.3 is 29.2 Å². The number of carbonyl (C=O) groups is 1. The highest BCUT2D eigenvalue weighted by Gasteiger charge is 2.39. The summed E-state index contributed by atoms with van der Waals surface area (Å²) < 4.78 is 12.0. The van der Waals surface area contributed by atoms with E-state index in [9.17, 15) is 19.8 Å². The summed E-state index contributed by atoms with van der Waals surface area (Å²) in [5, 5.41) is 19.4. The first-order valence-corrected chi connectivity index (χ1v) is 6.84. The maximum atomic E-state index is 12.5.